The highest BCUT2D eigenvalue weighted by Crippen LogP contribution is 2.39. The summed E-state index contributed by atoms with van der Waals surface area (Å²) < 4.78 is 1.19. The quantitative estimate of drug-likeness (QED) is 0.871. The van der Waals surface area contributed by atoms with E-state index in [1.165, 1.54) is 60.7 Å². The summed E-state index contributed by atoms with van der Waals surface area (Å²) in [6.45, 7) is 4.11. The Bertz CT molecular complexity index is 482. The largest absolute Gasteiger partial charge is 0.329 e. The lowest BCUT2D eigenvalue weighted by Crippen LogP contribution is -2.40. The number of halogens is 1. The Morgan fingerprint density at radius 2 is 2.00 bits per heavy atom. The molecule has 0 radical (unpaired) electrons. The van der Waals surface area contributed by atoms with Gasteiger partial charge in [0.15, 0.2) is 0 Å². The first-order valence-corrected chi connectivity index (χ1v) is 9.22. The lowest BCUT2D eigenvalue weighted by molar-refractivity contribution is 0.138. The van der Waals surface area contributed by atoms with Gasteiger partial charge in [0.1, 0.15) is 0 Å². The Morgan fingerprint density at radius 1 is 1.24 bits per heavy atom. The van der Waals surface area contributed by atoms with Gasteiger partial charge in [0.25, 0.3) is 0 Å². The number of likely N-dealkylation sites (tertiary alicyclic amines) is 1. The zero-order valence-electron chi connectivity index (χ0n) is 13.0. The Labute approximate surface area is 137 Å². The first-order valence-electron chi connectivity index (χ1n) is 8.42. The Kier molecular flexibility index (Phi) is 5.03. The molecule has 116 valence electrons. The minimum Gasteiger partial charge on any atom is -0.329 e. The van der Waals surface area contributed by atoms with Crippen LogP contribution in [0.1, 0.15) is 55.7 Å². The molecule has 1 heterocycles. The third kappa shape index (κ3) is 3.20. The predicted octanol–water partition coefficient (Wildman–Crippen LogP) is 4.41. The number of aryl methyl sites for hydroxylation is 1. The fraction of sp³-hybridized carbons (Fsp3) is 0.667. The van der Waals surface area contributed by atoms with Crippen LogP contribution in [0.25, 0.3) is 0 Å². The highest BCUT2D eigenvalue weighted by molar-refractivity contribution is 9.10. The van der Waals surface area contributed by atoms with Crippen LogP contribution in [0, 0.1) is 12.8 Å². The molecular weight excluding hydrogens is 324 g/mol. The molecule has 1 aliphatic carbocycles. The van der Waals surface area contributed by atoms with E-state index in [1.54, 1.807) is 0 Å². The summed E-state index contributed by atoms with van der Waals surface area (Å²) in [5, 5.41) is 0. The first kappa shape index (κ1) is 15.5. The second kappa shape index (κ2) is 6.80. The highest BCUT2D eigenvalue weighted by atomic mass is 79.9. The number of hydrogen-bond donors (Lipinski definition) is 1. The van der Waals surface area contributed by atoms with Gasteiger partial charge in [-0.05, 0) is 62.3 Å². The van der Waals surface area contributed by atoms with Crippen molar-refractivity contribution in [3.05, 3.63) is 33.8 Å². The van der Waals surface area contributed by atoms with Crippen LogP contribution >= 0.6 is 15.9 Å². The summed E-state index contributed by atoms with van der Waals surface area (Å²) >= 11 is 3.60. The van der Waals surface area contributed by atoms with Gasteiger partial charge in [-0.1, -0.05) is 40.9 Å². The van der Waals surface area contributed by atoms with E-state index in [4.69, 9.17) is 5.73 Å². The highest BCUT2D eigenvalue weighted by Gasteiger charge is 2.36. The number of hydrogen-bond acceptors (Lipinski definition) is 2. The summed E-state index contributed by atoms with van der Waals surface area (Å²) in [5.74, 6) is 0.915. The van der Waals surface area contributed by atoms with Crippen molar-refractivity contribution in [1.29, 1.82) is 0 Å². The van der Waals surface area contributed by atoms with Crippen LogP contribution in [0.3, 0.4) is 0 Å². The third-order valence-electron chi connectivity index (χ3n) is 5.48. The van der Waals surface area contributed by atoms with Gasteiger partial charge in [-0.3, -0.25) is 4.90 Å². The van der Waals surface area contributed by atoms with Crippen LogP contribution in [0.5, 0.6) is 0 Å². The van der Waals surface area contributed by atoms with E-state index in [2.05, 4.69) is 46.0 Å². The van der Waals surface area contributed by atoms with Crippen molar-refractivity contribution < 1.29 is 0 Å². The van der Waals surface area contributed by atoms with Gasteiger partial charge in [-0.15, -0.1) is 0 Å². The molecule has 3 rings (SSSR count). The Hall–Kier alpha value is -0.380. The normalized spacial score (nSPS) is 25.6. The van der Waals surface area contributed by atoms with Gasteiger partial charge < -0.3 is 5.73 Å². The molecule has 0 spiro atoms. The van der Waals surface area contributed by atoms with Crippen LogP contribution in [0.4, 0.5) is 0 Å². The molecule has 1 saturated heterocycles. The summed E-state index contributed by atoms with van der Waals surface area (Å²) in [6, 6.07) is 7.90. The van der Waals surface area contributed by atoms with Gasteiger partial charge in [-0.25, -0.2) is 0 Å². The van der Waals surface area contributed by atoms with E-state index in [0.717, 1.165) is 18.5 Å². The van der Waals surface area contributed by atoms with Crippen molar-refractivity contribution >= 4 is 15.9 Å². The van der Waals surface area contributed by atoms with Crippen molar-refractivity contribution in [2.75, 3.05) is 13.1 Å². The molecular formula is C18H27BrN2. The van der Waals surface area contributed by atoms with E-state index >= 15 is 0 Å². The second-order valence-electron chi connectivity index (χ2n) is 6.75. The molecule has 2 unspecified atom stereocenters. The lowest BCUT2D eigenvalue weighted by atomic mass is 9.93. The number of rotatable bonds is 4. The zero-order chi connectivity index (χ0) is 14.8. The number of benzene rings is 1. The van der Waals surface area contributed by atoms with Crippen LogP contribution in [-0.2, 0) is 0 Å². The molecule has 2 atom stereocenters. The summed E-state index contributed by atoms with van der Waals surface area (Å²) in [4.78, 5) is 2.72. The monoisotopic (exact) mass is 350 g/mol. The topological polar surface area (TPSA) is 29.3 Å². The molecule has 3 heteroatoms. The van der Waals surface area contributed by atoms with E-state index in [0.29, 0.717) is 6.04 Å². The minimum absolute atomic E-state index is 0.393. The summed E-state index contributed by atoms with van der Waals surface area (Å²) in [7, 11) is 0. The van der Waals surface area contributed by atoms with E-state index in [9.17, 15) is 0 Å². The maximum atomic E-state index is 6.18. The molecule has 0 aromatic heterocycles. The minimum atomic E-state index is 0.393. The Morgan fingerprint density at radius 3 is 2.67 bits per heavy atom. The van der Waals surface area contributed by atoms with Gasteiger partial charge in [0.2, 0.25) is 0 Å². The molecule has 1 aromatic rings. The van der Waals surface area contributed by atoms with Gasteiger partial charge in [-0.2, -0.15) is 0 Å². The molecule has 21 heavy (non-hydrogen) atoms. The van der Waals surface area contributed by atoms with Gasteiger partial charge in [0, 0.05) is 23.1 Å². The fourth-order valence-electron chi connectivity index (χ4n) is 4.39. The van der Waals surface area contributed by atoms with Crippen molar-refractivity contribution in [3.63, 3.8) is 0 Å². The van der Waals surface area contributed by atoms with E-state index < -0.39 is 0 Å². The summed E-state index contributed by atoms with van der Waals surface area (Å²) in [6.07, 6.45) is 8.43. The maximum Gasteiger partial charge on any atom is 0.0473 e. The standard InChI is InChI=1S/C18H27BrN2/c1-13-11-15(8-9-16(13)19)18(12-20)21-10-4-7-17(21)14-5-2-3-6-14/h8-9,11,14,17-18H,2-7,10,12,20H2,1H3. The van der Waals surface area contributed by atoms with E-state index in [-0.39, 0.29) is 0 Å². The molecule has 1 saturated carbocycles. The fourth-order valence-corrected chi connectivity index (χ4v) is 4.64. The van der Waals surface area contributed by atoms with Crippen molar-refractivity contribution in [2.24, 2.45) is 11.7 Å². The number of nitrogens with two attached hydrogens (primary N) is 1. The van der Waals surface area contributed by atoms with Gasteiger partial charge >= 0.3 is 0 Å². The molecule has 1 aromatic carbocycles. The first-order chi connectivity index (χ1) is 10.2. The molecule has 0 amide bonds. The molecule has 1 aliphatic heterocycles. The van der Waals surface area contributed by atoms with Crippen LogP contribution < -0.4 is 5.73 Å². The molecule has 2 aliphatic rings. The molecule has 0 bridgehead atoms. The zero-order valence-corrected chi connectivity index (χ0v) is 14.6. The predicted molar refractivity (Wildman–Crippen MR) is 92.4 cm³/mol. The van der Waals surface area contributed by atoms with Crippen LogP contribution in [0.2, 0.25) is 0 Å². The average Bonchev–Trinajstić information content (AvgIpc) is 3.14. The smallest absolute Gasteiger partial charge is 0.0473 e. The van der Waals surface area contributed by atoms with Crippen molar-refractivity contribution in [2.45, 2.75) is 57.5 Å². The Balaban J connectivity index is 1.82. The average molecular weight is 351 g/mol. The van der Waals surface area contributed by atoms with Crippen LogP contribution in [-0.4, -0.2) is 24.0 Å². The molecule has 2 fully saturated rings. The van der Waals surface area contributed by atoms with Crippen molar-refractivity contribution in [1.82, 2.24) is 4.90 Å². The molecule has 2 N–H and O–H groups in total. The lowest BCUT2D eigenvalue weighted by Gasteiger charge is -2.36. The van der Waals surface area contributed by atoms with Crippen molar-refractivity contribution in [3.8, 4) is 0 Å². The second-order valence-corrected chi connectivity index (χ2v) is 7.61. The SMILES string of the molecule is Cc1cc(C(CN)N2CCCC2C2CCCC2)ccc1Br. The molecule has 2 nitrogen and oxygen atoms in total. The third-order valence-corrected chi connectivity index (χ3v) is 6.37. The van der Waals surface area contributed by atoms with Gasteiger partial charge in [0.05, 0.1) is 0 Å². The van der Waals surface area contributed by atoms with Crippen LogP contribution in [0.15, 0.2) is 22.7 Å². The number of nitrogens with zero attached hydrogens (tertiary/aromatic N) is 1. The summed E-state index contributed by atoms with van der Waals surface area (Å²) in [5.41, 5.74) is 8.88. The maximum absolute atomic E-state index is 6.18. The van der Waals surface area contributed by atoms with E-state index in [1.807, 2.05) is 0 Å².